The van der Waals surface area contributed by atoms with Crippen molar-refractivity contribution in [2.24, 2.45) is 0 Å². The molecule has 6 nitrogen and oxygen atoms in total. The van der Waals surface area contributed by atoms with Crippen molar-refractivity contribution in [3.8, 4) is 0 Å². The number of fused-ring (bicyclic) bond motifs is 1. The summed E-state index contributed by atoms with van der Waals surface area (Å²) >= 11 is 1.47. The minimum atomic E-state index is -2.54. The number of hydrogen-bond acceptors (Lipinski definition) is 5. The van der Waals surface area contributed by atoms with Crippen molar-refractivity contribution in [3.05, 3.63) is 35.4 Å². The van der Waals surface area contributed by atoms with Crippen molar-refractivity contribution >= 4 is 17.9 Å². The SMILES string of the molecule is CCOC(=O)c1cc(SN2CCn3nccc3C2)c(C)n1CC(F)F. The van der Waals surface area contributed by atoms with Crippen LogP contribution in [0.15, 0.2) is 23.2 Å². The van der Waals surface area contributed by atoms with E-state index in [4.69, 9.17) is 4.74 Å². The van der Waals surface area contributed by atoms with Crippen LogP contribution in [-0.2, 0) is 24.4 Å². The molecule has 25 heavy (non-hydrogen) atoms. The second kappa shape index (κ2) is 7.57. The van der Waals surface area contributed by atoms with Gasteiger partial charge in [0.1, 0.15) is 5.69 Å². The van der Waals surface area contributed by atoms with Crippen LogP contribution in [0.3, 0.4) is 0 Å². The molecule has 0 aromatic carbocycles. The summed E-state index contributed by atoms with van der Waals surface area (Å²) in [5, 5.41) is 4.24. The van der Waals surface area contributed by atoms with Crippen molar-refractivity contribution < 1.29 is 18.3 Å². The first kappa shape index (κ1) is 17.9. The van der Waals surface area contributed by atoms with Crippen LogP contribution < -0.4 is 0 Å². The number of halogens is 2. The quantitative estimate of drug-likeness (QED) is 0.578. The Kier molecular flexibility index (Phi) is 5.43. The highest BCUT2D eigenvalue weighted by molar-refractivity contribution is 7.97. The number of nitrogens with zero attached hydrogens (tertiary/aromatic N) is 4. The van der Waals surface area contributed by atoms with Gasteiger partial charge >= 0.3 is 5.97 Å². The molecule has 0 N–H and O–H groups in total. The summed E-state index contributed by atoms with van der Waals surface area (Å²) in [6.07, 6.45) is -0.770. The molecule has 9 heteroatoms. The monoisotopic (exact) mass is 370 g/mol. The molecule has 0 bridgehead atoms. The van der Waals surface area contributed by atoms with Gasteiger partial charge in [-0.05, 0) is 37.9 Å². The van der Waals surface area contributed by atoms with E-state index >= 15 is 0 Å². The van der Waals surface area contributed by atoms with E-state index in [9.17, 15) is 13.6 Å². The molecular formula is C16H20F2N4O2S. The maximum atomic E-state index is 12.9. The number of aromatic nitrogens is 3. The first-order valence-electron chi connectivity index (χ1n) is 8.08. The van der Waals surface area contributed by atoms with E-state index in [0.717, 1.165) is 23.7 Å². The van der Waals surface area contributed by atoms with Crippen molar-refractivity contribution in [1.29, 1.82) is 0 Å². The summed E-state index contributed by atoms with van der Waals surface area (Å²) in [4.78, 5) is 12.9. The van der Waals surface area contributed by atoms with Gasteiger partial charge in [-0.25, -0.2) is 17.9 Å². The molecule has 1 aliphatic rings. The normalized spacial score (nSPS) is 14.8. The Morgan fingerprint density at radius 3 is 2.96 bits per heavy atom. The van der Waals surface area contributed by atoms with E-state index in [1.165, 1.54) is 16.5 Å². The molecule has 2 aromatic heterocycles. The summed E-state index contributed by atoms with van der Waals surface area (Å²) in [5.74, 6) is -0.574. The minimum Gasteiger partial charge on any atom is -0.461 e. The van der Waals surface area contributed by atoms with Gasteiger partial charge in [0.2, 0.25) is 0 Å². The third-order valence-electron chi connectivity index (χ3n) is 4.06. The largest absolute Gasteiger partial charge is 0.461 e. The van der Waals surface area contributed by atoms with Crippen LogP contribution in [0.4, 0.5) is 8.78 Å². The van der Waals surface area contributed by atoms with Gasteiger partial charge in [0.25, 0.3) is 6.43 Å². The highest BCUT2D eigenvalue weighted by Crippen LogP contribution is 2.32. The highest BCUT2D eigenvalue weighted by Gasteiger charge is 2.24. The zero-order chi connectivity index (χ0) is 18.0. The van der Waals surface area contributed by atoms with Gasteiger partial charge in [-0.1, -0.05) is 0 Å². The average molecular weight is 370 g/mol. The Hall–Kier alpha value is -1.87. The van der Waals surface area contributed by atoms with E-state index in [-0.39, 0.29) is 12.3 Å². The van der Waals surface area contributed by atoms with Crippen LogP contribution in [0, 0.1) is 6.92 Å². The van der Waals surface area contributed by atoms with Crippen LogP contribution in [0.2, 0.25) is 0 Å². The van der Waals surface area contributed by atoms with Crippen LogP contribution >= 0.6 is 11.9 Å². The summed E-state index contributed by atoms with van der Waals surface area (Å²) in [6, 6.07) is 3.61. The molecule has 136 valence electrons. The first-order valence-corrected chi connectivity index (χ1v) is 8.86. The Morgan fingerprint density at radius 2 is 2.24 bits per heavy atom. The van der Waals surface area contributed by atoms with Crippen molar-refractivity contribution in [2.45, 2.75) is 44.8 Å². The highest BCUT2D eigenvalue weighted by atomic mass is 32.2. The minimum absolute atomic E-state index is 0.171. The van der Waals surface area contributed by atoms with Crippen molar-refractivity contribution in [3.63, 3.8) is 0 Å². The fraction of sp³-hybridized carbons (Fsp3) is 0.500. The van der Waals surface area contributed by atoms with E-state index in [1.807, 2.05) is 10.7 Å². The lowest BCUT2D eigenvalue weighted by Gasteiger charge is -2.26. The Balaban J connectivity index is 1.82. The van der Waals surface area contributed by atoms with Gasteiger partial charge in [-0.15, -0.1) is 0 Å². The molecule has 0 saturated heterocycles. The predicted molar refractivity (Wildman–Crippen MR) is 89.6 cm³/mol. The molecule has 1 aliphatic heterocycles. The Labute approximate surface area is 148 Å². The van der Waals surface area contributed by atoms with Gasteiger partial charge < -0.3 is 9.30 Å². The maximum Gasteiger partial charge on any atom is 0.354 e. The third-order valence-corrected chi connectivity index (χ3v) is 5.24. The molecule has 0 atom stereocenters. The first-order chi connectivity index (χ1) is 12.0. The van der Waals surface area contributed by atoms with E-state index in [2.05, 4.69) is 9.40 Å². The Morgan fingerprint density at radius 1 is 1.44 bits per heavy atom. The lowest BCUT2D eigenvalue weighted by Crippen LogP contribution is -2.28. The van der Waals surface area contributed by atoms with Gasteiger partial charge in [-0.3, -0.25) is 4.68 Å². The molecule has 3 heterocycles. The number of rotatable bonds is 6. The lowest BCUT2D eigenvalue weighted by atomic mass is 10.3. The van der Waals surface area contributed by atoms with Crippen molar-refractivity contribution in [1.82, 2.24) is 18.7 Å². The van der Waals surface area contributed by atoms with Crippen molar-refractivity contribution in [2.75, 3.05) is 13.2 Å². The van der Waals surface area contributed by atoms with Gasteiger partial charge in [0.05, 0.1) is 31.9 Å². The number of esters is 1. The second-order valence-electron chi connectivity index (χ2n) is 5.70. The zero-order valence-electron chi connectivity index (χ0n) is 14.1. The van der Waals surface area contributed by atoms with Gasteiger partial charge in [0.15, 0.2) is 0 Å². The van der Waals surface area contributed by atoms with Crippen LogP contribution in [0.1, 0.15) is 28.8 Å². The summed E-state index contributed by atoms with van der Waals surface area (Å²) in [6.45, 7) is 5.40. The molecule has 0 unspecified atom stereocenters. The van der Waals surface area contributed by atoms with Gasteiger partial charge in [-0.2, -0.15) is 5.10 Å². The van der Waals surface area contributed by atoms with Crippen LogP contribution in [0.5, 0.6) is 0 Å². The topological polar surface area (TPSA) is 52.3 Å². The molecule has 0 fully saturated rings. The smallest absolute Gasteiger partial charge is 0.354 e. The zero-order valence-corrected chi connectivity index (χ0v) is 14.9. The fourth-order valence-electron chi connectivity index (χ4n) is 2.84. The lowest BCUT2D eigenvalue weighted by molar-refractivity contribution is 0.0506. The number of ether oxygens (including phenoxy) is 1. The number of carbonyl (C=O) groups excluding carboxylic acids is 1. The van der Waals surface area contributed by atoms with Crippen LogP contribution in [0.25, 0.3) is 0 Å². The molecule has 0 amide bonds. The number of carbonyl (C=O) groups is 1. The number of hydrogen-bond donors (Lipinski definition) is 0. The van der Waals surface area contributed by atoms with E-state index in [1.54, 1.807) is 26.1 Å². The molecule has 3 rings (SSSR count). The average Bonchev–Trinajstić information content (AvgIpc) is 3.14. The maximum absolute atomic E-state index is 12.9. The summed E-state index contributed by atoms with van der Waals surface area (Å²) in [5.41, 5.74) is 1.92. The predicted octanol–water partition coefficient (Wildman–Crippen LogP) is 2.96. The molecular weight excluding hydrogens is 350 g/mol. The Bertz CT molecular complexity index is 759. The fourth-order valence-corrected chi connectivity index (χ4v) is 3.89. The third kappa shape index (κ3) is 3.87. The van der Waals surface area contributed by atoms with E-state index in [0.29, 0.717) is 12.2 Å². The van der Waals surface area contributed by atoms with Crippen LogP contribution in [-0.4, -0.2) is 44.2 Å². The molecule has 0 radical (unpaired) electrons. The summed E-state index contributed by atoms with van der Waals surface area (Å²) < 4.78 is 36.3. The molecule has 0 aliphatic carbocycles. The van der Waals surface area contributed by atoms with Gasteiger partial charge in [0, 0.05) is 23.3 Å². The van der Waals surface area contributed by atoms with E-state index < -0.39 is 18.9 Å². The summed E-state index contributed by atoms with van der Waals surface area (Å²) in [7, 11) is 0. The number of alkyl halides is 2. The standard InChI is InChI=1S/C16H20F2N4O2S/c1-3-24-16(23)13-8-14(11(2)21(13)10-15(17)18)25-20-6-7-22-12(9-20)4-5-19-22/h4-5,8,15H,3,6-7,9-10H2,1-2H3. The molecule has 0 saturated carbocycles. The second-order valence-corrected chi connectivity index (χ2v) is 6.84. The molecule has 0 spiro atoms. The molecule has 2 aromatic rings.